The van der Waals surface area contributed by atoms with Crippen LogP contribution in [0.2, 0.25) is 0 Å². The van der Waals surface area contributed by atoms with E-state index in [0.29, 0.717) is 18.2 Å². The Bertz CT molecular complexity index is 517. The van der Waals surface area contributed by atoms with Gasteiger partial charge in [0.2, 0.25) is 0 Å². The second-order valence-electron chi connectivity index (χ2n) is 4.67. The van der Waals surface area contributed by atoms with Gasteiger partial charge in [-0.15, -0.1) is 10.2 Å². The summed E-state index contributed by atoms with van der Waals surface area (Å²) in [5, 5.41) is 8.33. The van der Waals surface area contributed by atoms with Crippen molar-refractivity contribution in [3.63, 3.8) is 0 Å². The lowest BCUT2D eigenvalue weighted by Crippen LogP contribution is -2.12. The number of fused-ring (bicyclic) bond motifs is 1. The Morgan fingerprint density at radius 3 is 2.82 bits per heavy atom. The van der Waals surface area contributed by atoms with E-state index >= 15 is 0 Å². The van der Waals surface area contributed by atoms with Crippen molar-refractivity contribution >= 4 is 5.78 Å². The van der Waals surface area contributed by atoms with E-state index in [1.54, 1.807) is 0 Å². The van der Waals surface area contributed by atoms with Gasteiger partial charge in [0.05, 0.1) is 0 Å². The van der Waals surface area contributed by atoms with E-state index in [4.69, 9.17) is 5.73 Å². The maximum atomic E-state index is 5.62. The van der Waals surface area contributed by atoms with E-state index in [9.17, 15) is 0 Å². The molecular weight excluding hydrogens is 214 g/mol. The minimum absolute atomic E-state index is 0.515. The first-order valence-electron chi connectivity index (χ1n) is 6.00. The zero-order valence-electron chi connectivity index (χ0n) is 10.6. The van der Waals surface area contributed by atoms with Crippen LogP contribution in [0.5, 0.6) is 0 Å². The quantitative estimate of drug-likeness (QED) is 0.863. The van der Waals surface area contributed by atoms with Gasteiger partial charge < -0.3 is 5.73 Å². The van der Waals surface area contributed by atoms with Crippen LogP contribution in [0.1, 0.15) is 30.6 Å². The average molecular weight is 233 g/mol. The van der Waals surface area contributed by atoms with Crippen molar-refractivity contribution in [3.05, 3.63) is 23.3 Å². The van der Waals surface area contributed by atoms with Crippen molar-refractivity contribution in [1.29, 1.82) is 0 Å². The molecule has 2 N–H and O–H groups in total. The fourth-order valence-electron chi connectivity index (χ4n) is 1.95. The molecule has 0 amide bonds. The Balaban J connectivity index is 2.29. The molecule has 0 fully saturated rings. The third-order valence-electron chi connectivity index (χ3n) is 3.02. The van der Waals surface area contributed by atoms with Crippen LogP contribution in [0.3, 0.4) is 0 Å². The summed E-state index contributed by atoms with van der Waals surface area (Å²) in [6.45, 7) is 6.89. The van der Waals surface area contributed by atoms with Crippen LogP contribution in [-0.4, -0.2) is 26.1 Å². The number of hydrogen-bond acceptors (Lipinski definition) is 4. The van der Waals surface area contributed by atoms with Crippen LogP contribution < -0.4 is 5.73 Å². The molecule has 0 radical (unpaired) electrons. The van der Waals surface area contributed by atoms with Crippen molar-refractivity contribution in [3.8, 4) is 0 Å². The third kappa shape index (κ3) is 2.44. The van der Waals surface area contributed by atoms with Gasteiger partial charge in [-0.1, -0.05) is 6.92 Å². The lowest BCUT2D eigenvalue weighted by molar-refractivity contribution is 0.534. The second kappa shape index (κ2) is 4.79. The van der Waals surface area contributed by atoms with E-state index in [1.165, 1.54) is 0 Å². The SMILES string of the molecule is Cc1cc(C)n2c(CCC(C)CN)nnc2n1. The van der Waals surface area contributed by atoms with Crippen molar-refractivity contribution < 1.29 is 0 Å². The van der Waals surface area contributed by atoms with Gasteiger partial charge in [-0.05, 0) is 38.8 Å². The lowest BCUT2D eigenvalue weighted by atomic mass is 10.1. The van der Waals surface area contributed by atoms with E-state index in [1.807, 2.05) is 17.4 Å². The second-order valence-corrected chi connectivity index (χ2v) is 4.67. The molecule has 2 heterocycles. The topological polar surface area (TPSA) is 69.1 Å². The summed E-state index contributed by atoms with van der Waals surface area (Å²) >= 11 is 0. The number of rotatable bonds is 4. The van der Waals surface area contributed by atoms with Crippen LogP contribution in [0, 0.1) is 19.8 Å². The van der Waals surface area contributed by atoms with E-state index in [2.05, 4.69) is 29.0 Å². The van der Waals surface area contributed by atoms with Crippen molar-refractivity contribution in [2.45, 2.75) is 33.6 Å². The minimum atomic E-state index is 0.515. The normalized spacial score (nSPS) is 13.2. The third-order valence-corrected chi connectivity index (χ3v) is 3.02. The number of hydrogen-bond donors (Lipinski definition) is 1. The van der Waals surface area contributed by atoms with Crippen molar-refractivity contribution in [2.24, 2.45) is 11.7 Å². The molecule has 0 spiro atoms. The largest absolute Gasteiger partial charge is 0.330 e. The molecule has 92 valence electrons. The molecule has 0 aliphatic rings. The lowest BCUT2D eigenvalue weighted by Gasteiger charge is -2.07. The summed E-state index contributed by atoms with van der Waals surface area (Å²) in [5.41, 5.74) is 7.73. The highest BCUT2D eigenvalue weighted by Gasteiger charge is 2.10. The van der Waals surface area contributed by atoms with Crippen LogP contribution >= 0.6 is 0 Å². The first kappa shape index (κ1) is 12.0. The first-order chi connectivity index (χ1) is 8.11. The van der Waals surface area contributed by atoms with Gasteiger partial charge in [0.15, 0.2) is 0 Å². The molecule has 17 heavy (non-hydrogen) atoms. The van der Waals surface area contributed by atoms with Crippen molar-refractivity contribution in [2.75, 3.05) is 6.54 Å². The zero-order chi connectivity index (χ0) is 12.4. The van der Waals surface area contributed by atoms with Gasteiger partial charge in [-0.3, -0.25) is 4.40 Å². The van der Waals surface area contributed by atoms with Crippen LogP contribution in [0.4, 0.5) is 0 Å². The summed E-state index contributed by atoms with van der Waals surface area (Å²) in [6, 6.07) is 2.05. The standard InChI is InChI=1S/C12H19N5/c1-8(7-13)4-5-11-15-16-12-14-9(2)6-10(3)17(11)12/h6,8H,4-5,7,13H2,1-3H3. The molecule has 1 atom stereocenters. The molecule has 2 aromatic heterocycles. The van der Waals surface area contributed by atoms with E-state index in [0.717, 1.165) is 30.1 Å². The van der Waals surface area contributed by atoms with Gasteiger partial charge in [0, 0.05) is 17.8 Å². The monoisotopic (exact) mass is 233 g/mol. The predicted octanol–water partition coefficient (Wildman–Crippen LogP) is 1.27. The minimum Gasteiger partial charge on any atom is -0.330 e. The highest BCUT2D eigenvalue weighted by Crippen LogP contribution is 2.11. The number of aromatic nitrogens is 4. The van der Waals surface area contributed by atoms with Gasteiger partial charge in [0.1, 0.15) is 5.82 Å². The van der Waals surface area contributed by atoms with Gasteiger partial charge in [0.25, 0.3) is 5.78 Å². The van der Waals surface area contributed by atoms with Gasteiger partial charge in [-0.25, -0.2) is 4.98 Å². The number of nitrogens with two attached hydrogens (primary N) is 1. The maximum absolute atomic E-state index is 5.62. The smallest absolute Gasteiger partial charge is 0.255 e. The molecule has 1 unspecified atom stereocenters. The first-order valence-corrected chi connectivity index (χ1v) is 6.00. The molecular formula is C12H19N5. The molecule has 0 aliphatic heterocycles. The predicted molar refractivity (Wildman–Crippen MR) is 66.8 cm³/mol. The fourth-order valence-corrected chi connectivity index (χ4v) is 1.95. The highest BCUT2D eigenvalue weighted by molar-refractivity contribution is 5.32. The summed E-state index contributed by atoms with van der Waals surface area (Å²) in [6.07, 6.45) is 1.93. The average Bonchev–Trinajstić information content (AvgIpc) is 2.69. The summed E-state index contributed by atoms with van der Waals surface area (Å²) in [4.78, 5) is 4.37. The van der Waals surface area contributed by atoms with Gasteiger partial charge >= 0.3 is 0 Å². The Hall–Kier alpha value is -1.49. The molecule has 0 saturated heterocycles. The molecule has 0 aromatic carbocycles. The van der Waals surface area contributed by atoms with E-state index < -0.39 is 0 Å². The zero-order valence-corrected chi connectivity index (χ0v) is 10.6. The molecule has 0 bridgehead atoms. The Morgan fingerprint density at radius 1 is 1.35 bits per heavy atom. The Labute approximate surface area is 101 Å². The van der Waals surface area contributed by atoms with Crippen LogP contribution in [-0.2, 0) is 6.42 Å². The molecule has 2 aromatic rings. The molecule has 0 saturated carbocycles. The molecule has 5 nitrogen and oxygen atoms in total. The summed E-state index contributed by atoms with van der Waals surface area (Å²) in [5.74, 6) is 2.18. The Kier molecular flexibility index (Phi) is 3.38. The number of aryl methyl sites for hydroxylation is 3. The van der Waals surface area contributed by atoms with E-state index in [-0.39, 0.29) is 0 Å². The maximum Gasteiger partial charge on any atom is 0.255 e. The number of nitrogens with zero attached hydrogens (tertiary/aromatic N) is 4. The fraction of sp³-hybridized carbons (Fsp3) is 0.583. The summed E-state index contributed by atoms with van der Waals surface area (Å²) < 4.78 is 2.02. The summed E-state index contributed by atoms with van der Waals surface area (Å²) in [7, 11) is 0. The van der Waals surface area contributed by atoms with Gasteiger partial charge in [-0.2, -0.15) is 0 Å². The molecule has 5 heteroatoms. The molecule has 0 aliphatic carbocycles. The molecule has 2 rings (SSSR count). The van der Waals surface area contributed by atoms with Crippen LogP contribution in [0.15, 0.2) is 6.07 Å². The highest BCUT2D eigenvalue weighted by atomic mass is 15.3. The van der Waals surface area contributed by atoms with Crippen molar-refractivity contribution in [1.82, 2.24) is 19.6 Å². The Morgan fingerprint density at radius 2 is 2.12 bits per heavy atom. The van der Waals surface area contributed by atoms with Crippen LogP contribution in [0.25, 0.3) is 5.78 Å².